The van der Waals surface area contributed by atoms with Crippen LogP contribution in [-0.4, -0.2) is 12.5 Å². The Hall–Kier alpha value is -1.23. The average molecular weight is 403 g/mol. The lowest BCUT2D eigenvalue weighted by Gasteiger charge is -2.12. The van der Waals surface area contributed by atoms with Gasteiger partial charge in [-0.2, -0.15) is 0 Å². The van der Waals surface area contributed by atoms with Crippen LogP contribution in [0.3, 0.4) is 0 Å². The summed E-state index contributed by atoms with van der Waals surface area (Å²) in [7, 11) is 0. The van der Waals surface area contributed by atoms with Gasteiger partial charge in [-0.05, 0) is 48.4 Å². The first-order valence-corrected chi connectivity index (χ1v) is 8.20. The number of hydrogen-bond acceptors (Lipinski definition) is 2. The molecule has 0 saturated heterocycles. The van der Waals surface area contributed by atoms with Crippen molar-refractivity contribution in [2.45, 2.75) is 13.3 Å². The van der Waals surface area contributed by atoms with Gasteiger partial charge in [0.2, 0.25) is 0 Å². The third kappa shape index (κ3) is 4.63. The third-order valence-electron chi connectivity index (χ3n) is 2.97. The number of hydrogen-bond donors (Lipinski definition) is 1. The Balaban J connectivity index is 1.98. The van der Waals surface area contributed by atoms with E-state index >= 15 is 0 Å². The molecule has 0 radical (unpaired) electrons. The maximum atomic E-state index is 12.0. The molecule has 22 heavy (non-hydrogen) atoms. The summed E-state index contributed by atoms with van der Waals surface area (Å²) < 4.78 is 6.56. The number of ether oxygens (including phenoxy) is 1. The summed E-state index contributed by atoms with van der Waals surface area (Å²) >= 11 is 15.2. The minimum atomic E-state index is -0.283. The Kier molecular flexibility index (Phi) is 6.12. The fraction of sp³-hybridized carbons (Fsp3) is 0.188. The van der Waals surface area contributed by atoms with Gasteiger partial charge in [-0.3, -0.25) is 4.79 Å². The second kappa shape index (κ2) is 7.86. The normalized spacial score (nSPS) is 10.4. The molecule has 0 aliphatic carbocycles. The number of aryl methyl sites for hydroxylation is 1. The molecule has 1 N–H and O–H groups in total. The Morgan fingerprint density at radius 3 is 2.68 bits per heavy atom. The number of rotatable bonds is 5. The molecule has 0 spiro atoms. The van der Waals surface area contributed by atoms with Crippen LogP contribution in [0.1, 0.15) is 12.5 Å². The van der Waals surface area contributed by atoms with Crippen LogP contribution < -0.4 is 10.1 Å². The molecule has 2 aromatic carbocycles. The number of halogens is 3. The lowest BCUT2D eigenvalue weighted by molar-refractivity contribution is -0.118. The van der Waals surface area contributed by atoms with Crippen LogP contribution in [0.15, 0.2) is 40.9 Å². The van der Waals surface area contributed by atoms with Crippen molar-refractivity contribution in [1.29, 1.82) is 0 Å². The van der Waals surface area contributed by atoms with E-state index in [1.807, 2.05) is 25.1 Å². The monoisotopic (exact) mass is 401 g/mol. The molecule has 0 unspecified atom stereocenters. The highest BCUT2D eigenvalue weighted by Gasteiger charge is 2.09. The molecule has 0 heterocycles. The van der Waals surface area contributed by atoms with E-state index in [1.165, 1.54) is 0 Å². The second-order valence-corrected chi connectivity index (χ2v) is 6.33. The molecule has 2 rings (SSSR count). The highest BCUT2D eigenvalue weighted by molar-refractivity contribution is 9.10. The van der Waals surface area contributed by atoms with E-state index in [0.717, 1.165) is 16.5 Å². The van der Waals surface area contributed by atoms with E-state index in [-0.39, 0.29) is 12.5 Å². The van der Waals surface area contributed by atoms with E-state index in [9.17, 15) is 4.79 Å². The SMILES string of the molecule is CCc1cc(Br)ccc1OCC(=O)Nc1ccc(Cl)cc1Cl. The fourth-order valence-electron chi connectivity index (χ4n) is 1.89. The second-order valence-electron chi connectivity index (χ2n) is 4.57. The molecular formula is C16H14BrCl2NO2. The first-order chi connectivity index (χ1) is 10.5. The lowest BCUT2D eigenvalue weighted by atomic mass is 10.1. The van der Waals surface area contributed by atoms with Crippen LogP contribution in [0, 0.1) is 0 Å². The highest BCUT2D eigenvalue weighted by Crippen LogP contribution is 2.26. The number of benzene rings is 2. The predicted octanol–water partition coefficient (Wildman–Crippen LogP) is 5.34. The number of amides is 1. The summed E-state index contributed by atoms with van der Waals surface area (Å²) in [5.74, 6) is 0.414. The quantitative estimate of drug-likeness (QED) is 0.733. The molecule has 0 fully saturated rings. The Labute approximate surface area is 147 Å². The van der Waals surface area contributed by atoms with E-state index in [1.54, 1.807) is 18.2 Å². The molecule has 6 heteroatoms. The Morgan fingerprint density at radius 2 is 2.00 bits per heavy atom. The summed E-state index contributed by atoms with van der Waals surface area (Å²) in [6.45, 7) is 1.94. The van der Waals surface area contributed by atoms with Gasteiger partial charge >= 0.3 is 0 Å². The molecule has 0 aliphatic rings. The molecule has 0 aliphatic heterocycles. The van der Waals surface area contributed by atoms with Gasteiger partial charge in [0.1, 0.15) is 5.75 Å². The van der Waals surface area contributed by atoms with Gasteiger partial charge in [-0.25, -0.2) is 0 Å². The molecule has 0 aromatic heterocycles. The summed E-state index contributed by atoms with van der Waals surface area (Å²) in [4.78, 5) is 12.0. The number of nitrogens with one attached hydrogen (secondary N) is 1. The van der Waals surface area contributed by atoms with Crippen LogP contribution in [0.2, 0.25) is 10.0 Å². The maximum Gasteiger partial charge on any atom is 0.262 e. The van der Waals surface area contributed by atoms with Crippen LogP contribution in [0.5, 0.6) is 5.75 Å². The third-order valence-corrected chi connectivity index (χ3v) is 4.01. The van der Waals surface area contributed by atoms with Crippen molar-refractivity contribution in [2.75, 3.05) is 11.9 Å². The maximum absolute atomic E-state index is 12.0. The first-order valence-electron chi connectivity index (χ1n) is 6.65. The van der Waals surface area contributed by atoms with Crippen molar-refractivity contribution >= 4 is 50.7 Å². The van der Waals surface area contributed by atoms with E-state index in [4.69, 9.17) is 27.9 Å². The summed E-state index contributed by atoms with van der Waals surface area (Å²) in [5.41, 5.74) is 1.54. The first kappa shape index (κ1) is 17.1. The van der Waals surface area contributed by atoms with Crippen LogP contribution in [-0.2, 0) is 11.2 Å². The molecule has 1 amide bonds. The fourth-order valence-corrected chi connectivity index (χ4v) is 2.75. The molecule has 116 valence electrons. The lowest BCUT2D eigenvalue weighted by Crippen LogP contribution is -2.20. The van der Waals surface area contributed by atoms with Crippen LogP contribution in [0.25, 0.3) is 0 Å². The van der Waals surface area contributed by atoms with Gasteiger partial charge in [0, 0.05) is 9.50 Å². The average Bonchev–Trinajstić information content (AvgIpc) is 2.48. The molecule has 3 nitrogen and oxygen atoms in total. The number of anilines is 1. The zero-order valence-electron chi connectivity index (χ0n) is 11.8. The van der Waals surface area contributed by atoms with E-state index in [0.29, 0.717) is 21.5 Å². The minimum Gasteiger partial charge on any atom is -0.483 e. The van der Waals surface area contributed by atoms with Gasteiger partial charge in [0.05, 0.1) is 10.7 Å². The van der Waals surface area contributed by atoms with Crippen molar-refractivity contribution < 1.29 is 9.53 Å². The van der Waals surface area contributed by atoms with Crippen molar-refractivity contribution in [3.05, 3.63) is 56.5 Å². The molecule has 2 aromatic rings. The summed E-state index contributed by atoms with van der Waals surface area (Å²) in [5, 5.41) is 3.60. The Morgan fingerprint density at radius 1 is 1.23 bits per heavy atom. The number of carbonyl (C=O) groups is 1. The Bertz CT molecular complexity index is 692. The van der Waals surface area contributed by atoms with Crippen molar-refractivity contribution in [1.82, 2.24) is 0 Å². The van der Waals surface area contributed by atoms with Gasteiger partial charge in [-0.15, -0.1) is 0 Å². The zero-order chi connectivity index (χ0) is 16.1. The van der Waals surface area contributed by atoms with E-state index in [2.05, 4.69) is 21.2 Å². The van der Waals surface area contributed by atoms with E-state index < -0.39 is 0 Å². The van der Waals surface area contributed by atoms with Gasteiger partial charge in [0.25, 0.3) is 5.91 Å². The smallest absolute Gasteiger partial charge is 0.262 e. The van der Waals surface area contributed by atoms with Gasteiger partial charge in [0.15, 0.2) is 6.61 Å². The number of carbonyl (C=O) groups excluding carboxylic acids is 1. The predicted molar refractivity (Wildman–Crippen MR) is 94.1 cm³/mol. The topological polar surface area (TPSA) is 38.3 Å². The summed E-state index contributed by atoms with van der Waals surface area (Å²) in [6.07, 6.45) is 0.819. The van der Waals surface area contributed by atoms with Crippen LogP contribution >= 0.6 is 39.1 Å². The highest BCUT2D eigenvalue weighted by atomic mass is 79.9. The molecule has 0 atom stereocenters. The molecule has 0 saturated carbocycles. The molecular weight excluding hydrogens is 389 g/mol. The minimum absolute atomic E-state index is 0.0897. The molecule has 0 bridgehead atoms. The van der Waals surface area contributed by atoms with Crippen molar-refractivity contribution in [3.8, 4) is 5.75 Å². The summed E-state index contributed by atoms with van der Waals surface area (Å²) in [6, 6.07) is 10.6. The van der Waals surface area contributed by atoms with Crippen LogP contribution in [0.4, 0.5) is 5.69 Å². The largest absolute Gasteiger partial charge is 0.483 e. The van der Waals surface area contributed by atoms with Gasteiger partial charge in [-0.1, -0.05) is 46.1 Å². The van der Waals surface area contributed by atoms with Crippen molar-refractivity contribution in [2.24, 2.45) is 0 Å². The standard InChI is InChI=1S/C16H14BrCl2NO2/c1-2-10-7-11(17)3-6-15(10)22-9-16(21)20-14-5-4-12(18)8-13(14)19/h3-8H,2,9H2,1H3,(H,20,21). The zero-order valence-corrected chi connectivity index (χ0v) is 14.9. The van der Waals surface area contributed by atoms with Crippen molar-refractivity contribution in [3.63, 3.8) is 0 Å². The van der Waals surface area contributed by atoms with Gasteiger partial charge < -0.3 is 10.1 Å².